The molecule has 0 spiro atoms. The van der Waals surface area contributed by atoms with Crippen LogP contribution in [-0.2, 0) is 4.79 Å². The molecule has 0 radical (unpaired) electrons. The number of benzene rings is 1. The highest BCUT2D eigenvalue weighted by Gasteiger charge is 2.42. The normalized spacial score (nSPS) is 22.9. The van der Waals surface area contributed by atoms with E-state index in [1.165, 1.54) is 19.1 Å². The van der Waals surface area contributed by atoms with Crippen molar-refractivity contribution in [2.24, 2.45) is 5.73 Å². The Kier molecular flexibility index (Phi) is 3.60. The number of nitrogens with one attached hydrogen (secondary N) is 1. The topological polar surface area (TPSA) is 128 Å². The third-order valence-corrected chi connectivity index (χ3v) is 3.42. The van der Waals surface area contributed by atoms with Gasteiger partial charge in [-0.2, -0.15) is 0 Å². The zero-order chi connectivity index (χ0) is 15.9. The number of carbonyl (C=O) groups excluding carboxylic acids is 1. The molecule has 8 nitrogen and oxygen atoms in total. The lowest BCUT2D eigenvalue weighted by Crippen LogP contribution is -2.51. The van der Waals surface area contributed by atoms with E-state index >= 15 is 0 Å². The first-order valence-corrected chi connectivity index (χ1v) is 6.36. The number of nitro benzene ring substituents is 1. The summed E-state index contributed by atoms with van der Waals surface area (Å²) in [6.07, 6.45) is -1.00. The third-order valence-electron chi connectivity index (χ3n) is 3.42. The number of aliphatic hydroxyl groups is 1. The van der Waals surface area contributed by atoms with E-state index in [0.717, 1.165) is 0 Å². The number of hydrogen-bond donors (Lipinski definition) is 3. The summed E-state index contributed by atoms with van der Waals surface area (Å²) >= 11 is 0. The van der Waals surface area contributed by atoms with Crippen LogP contribution in [0.1, 0.15) is 32.4 Å². The first-order chi connectivity index (χ1) is 9.63. The number of rotatable bonds is 2. The van der Waals surface area contributed by atoms with Crippen LogP contribution in [0.25, 0.3) is 0 Å². The Hall–Kier alpha value is -2.19. The number of hydrogen-bond acceptors (Lipinski definition) is 6. The van der Waals surface area contributed by atoms with Crippen molar-refractivity contribution < 1.29 is 19.6 Å². The van der Waals surface area contributed by atoms with Gasteiger partial charge in [-0.05, 0) is 13.8 Å². The molecule has 0 saturated carbocycles. The van der Waals surface area contributed by atoms with Crippen molar-refractivity contribution in [1.82, 2.24) is 0 Å². The number of nitrogens with zero attached hydrogens (tertiary/aromatic N) is 1. The average molecular weight is 295 g/mol. The Bertz CT molecular complexity index is 614. The molecular weight excluding hydrogens is 278 g/mol. The van der Waals surface area contributed by atoms with Gasteiger partial charge >= 0.3 is 0 Å². The van der Waals surface area contributed by atoms with E-state index < -0.39 is 28.6 Å². The van der Waals surface area contributed by atoms with Crippen LogP contribution in [0.4, 0.5) is 11.4 Å². The van der Waals surface area contributed by atoms with Gasteiger partial charge in [0.25, 0.3) is 5.69 Å². The molecule has 0 aromatic heterocycles. The molecule has 0 unspecified atom stereocenters. The minimum atomic E-state index is -1.00. The average Bonchev–Trinajstić information content (AvgIpc) is 2.34. The molecule has 0 saturated heterocycles. The number of anilines is 1. The fraction of sp³-hybridized carbons (Fsp3) is 0.462. The second kappa shape index (κ2) is 4.97. The summed E-state index contributed by atoms with van der Waals surface area (Å²) in [5, 5.41) is 23.6. The summed E-state index contributed by atoms with van der Waals surface area (Å²) in [7, 11) is 0. The minimum absolute atomic E-state index is 0.0330. The summed E-state index contributed by atoms with van der Waals surface area (Å²) in [6, 6.07) is 1.78. The Balaban J connectivity index is 2.59. The number of nitrogens with two attached hydrogens (primary N) is 1. The highest BCUT2D eigenvalue weighted by atomic mass is 16.6. The van der Waals surface area contributed by atoms with Crippen LogP contribution < -0.4 is 15.8 Å². The molecule has 2 rings (SSSR count). The molecule has 1 aromatic rings. The highest BCUT2D eigenvalue weighted by Crippen LogP contribution is 2.43. The molecule has 1 aromatic carbocycles. The number of nitro groups is 1. The Morgan fingerprint density at radius 3 is 2.67 bits per heavy atom. The van der Waals surface area contributed by atoms with Gasteiger partial charge in [0.15, 0.2) is 0 Å². The van der Waals surface area contributed by atoms with Crippen molar-refractivity contribution in [2.45, 2.75) is 38.5 Å². The second-order valence-electron chi connectivity index (χ2n) is 5.52. The maximum atomic E-state index is 11.2. The van der Waals surface area contributed by atoms with Gasteiger partial charge in [0.05, 0.1) is 11.0 Å². The van der Waals surface area contributed by atoms with Crippen molar-refractivity contribution in [2.75, 3.05) is 5.32 Å². The quantitative estimate of drug-likeness (QED) is 0.553. The maximum Gasteiger partial charge on any atom is 0.293 e. The molecule has 8 heteroatoms. The van der Waals surface area contributed by atoms with E-state index in [2.05, 4.69) is 5.32 Å². The van der Waals surface area contributed by atoms with Gasteiger partial charge in [-0.15, -0.1) is 0 Å². The Morgan fingerprint density at radius 2 is 2.14 bits per heavy atom. The molecule has 0 fully saturated rings. The zero-order valence-corrected chi connectivity index (χ0v) is 11.9. The Morgan fingerprint density at radius 1 is 1.52 bits per heavy atom. The minimum Gasteiger partial charge on any atom is -0.485 e. The van der Waals surface area contributed by atoms with Crippen LogP contribution in [0, 0.1) is 10.1 Å². The van der Waals surface area contributed by atoms with E-state index in [4.69, 9.17) is 10.5 Å². The molecule has 114 valence electrons. The summed E-state index contributed by atoms with van der Waals surface area (Å²) < 4.78 is 5.66. The van der Waals surface area contributed by atoms with Gasteiger partial charge in [-0.1, -0.05) is 0 Å². The molecule has 4 N–H and O–H groups in total. The first-order valence-electron chi connectivity index (χ1n) is 6.36. The lowest BCUT2D eigenvalue weighted by Gasteiger charge is -2.40. The summed E-state index contributed by atoms with van der Waals surface area (Å²) in [4.78, 5) is 21.7. The fourth-order valence-electron chi connectivity index (χ4n) is 2.32. The highest BCUT2D eigenvalue weighted by molar-refractivity contribution is 5.92. The van der Waals surface area contributed by atoms with Crippen LogP contribution in [0.2, 0.25) is 0 Å². The summed E-state index contributed by atoms with van der Waals surface area (Å²) in [5.41, 5.74) is 5.08. The lowest BCUT2D eigenvalue weighted by atomic mass is 9.87. The summed E-state index contributed by atoms with van der Waals surface area (Å²) in [5.74, 6) is -0.121. The van der Waals surface area contributed by atoms with E-state index in [9.17, 15) is 20.0 Å². The van der Waals surface area contributed by atoms with Gasteiger partial charge < -0.3 is 20.9 Å². The van der Waals surface area contributed by atoms with Crippen LogP contribution >= 0.6 is 0 Å². The molecule has 0 bridgehead atoms. The summed E-state index contributed by atoms with van der Waals surface area (Å²) in [6.45, 7) is 4.59. The number of aliphatic hydroxyl groups excluding tert-OH is 1. The van der Waals surface area contributed by atoms with Crippen LogP contribution in [0.3, 0.4) is 0 Å². The SMILES string of the molecule is CC(=O)Nc1cc2c(cc1[N+](=O)[O-])[C@H](N)[C@@H](O)C(C)(C)O2. The van der Waals surface area contributed by atoms with Crippen molar-refractivity contribution in [3.8, 4) is 5.75 Å². The number of ether oxygens (including phenoxy) is 1. The molecule has 1 aliphatic heterocycles. The van der Waals surface area contributed by atoms with E-state index in [1.807, 2.05) is 0 Å². The molecule has 0 aliphatic carbocycles. The molecule has 1 amide bonds. The molecule has 1 aliphatic rings. The lowest BCUT2D eigenvalue weighted by molar-refractivity contribution is -0.384. The predicted molar refractivity (Wildman–Crippen MR) is 75.0 cm³/mol. The van der Waals surface area contributed by atoms with E-state index in [-0.39, 0.29) is 11.4 Å². The monoisotopic (exact) mass is 295 g/mol. The first kappa shape index (κ1) is 15.2. The predicted octanol–water partition coefficient (Wildman–Crippen LogP) is 1.08. The standard InChI is InChI=1S/C13H17N3O5/c1-6(17)15-8-5-10-7(4-9(8)16(19)20)11(14)12(18)13(2,3)21-10/h4-5,11-12,18H,14H2,1-3H3,(H,15,17)/t11-,12+/m0/s1. The van der Waals surface area contributed by atoms with Crippen LogP contribution in [0.5, 0.6) is 5.75 Å². The fourth-order valence-corrected chi connectivity index (χ4v) is 2.32. The third kappa shape index (κ3) is 2.67. The smallest absolute Gasteiger partial charge is 0.293 e. The van der Waals surface area contributed by atoms with Crippen LogP contribution in [-0.4, -0.2) is 27.6 Å². The second-order valence-corrected chi connectivity index (χ2v) is 5.52. The van der Waals surface area contributed by atoms with Gasteiger partial charge in [0, 0.05) is 24.6 Å². The zero-order valence-electron chi connectivity index (χ0n) is 11.9. The maximum absolute atomic E-state index is 11.2. The van der Waals surface area contributed by atoms with Crippen molar-refractivity contribution in [3.63, 3.8) is 0 Å². The Labute approximate surface area is 121 Å². The number of amides is 1. The molecule has 21 heavy (non-hydrogen) atoms. The van der Waals surface area contributed by atoms with Gasteiger partial charge in [-0.3, -0.25) is 14.9 Å². The van der Waals surface area contributed by atoms with Crippen molar-refractivity contribution in [1.29, 1.82) is 0 Å². The van der Waals surface area contributed by atoms with Gasteiger partial charge in [-0.25, -0.2) is 0 Å². The van der Waals surface area contributed by atoms with E-state index in [0.29, 0.717) is 11.3 Å². The van der Waals surface area contributed by atoms with Crippen molar-refractivity contribution in [3.05, 3.63) is 27.8 Å². The largest absolute Gasteiger partial charge is 0.485 e. The number of fused-ring (bicyclic) bond motifs is 1. The van der Waals surface area contributed by atoms with Crippen LogP contribution in [0.15, 0.2) is 12.1 Å². The van der Waals surface area contributed by atoms with Gasteiger partial charge in [0.2, 0.25) is 5.91 Å². The molecule has 1 heterocycles. The van der Waals surface area contributed by atoms with E-state index in [1.54, 1.807) is 13.8 Å². The molecule has 2 atom stereocenters. The number of carbonyl (C=O) groups is 1. The van der Waals surface area contributed by atoms with Gasteiger partial charge in [0.1, 0.15) is 23.1 Å². The molecular formula is C13H17N3O5. The van der Waals surface area contributed by atoms with Crippen molar-refractivity contribution >= 4 is 17.3 Å².